The van der Waals surface area contributed by atoms with Crippen molar-refractivity contribution >= 4 is 21.7 Å². The molecule has 1 fully saturated rings. The van der Waals surface area contributed by atoms with E-state index in [0.29, 0.717) is 0 Å². The number of nitrogens with one attached hydrogen (secondary N) is 2. The lowest BCUT2D eigenvalue weighted by Crippen LogP contribution is -2.53. The van der Waals surface area contributed by atoms with E-state index in [1.54, 1.807) is 5.32 Å². The molecule has 15 heteroatoms. The quantitative estimate of drug-likeness (QED) is 0.492. The third kappa shape index (κ3) is 6.02. The maximum Gasteiger partial charge on any atom is 0.497 e. The molecule has 0 heterocycles. The Bertz CT molecular complexity index is 1340. The molecule has 3 rings (SSSR count). The molecule has 37 heavy (non-hydrogen) atoms. The highest BCUT2D eigenvalue weighted by atomic mass is 32.2. The normalized spacial score (nSPS) is 16.1. The van der Waals surface area contributed by atoms with Gasteiger partial charge in [-0.3, -0.25) is 9.59 Å². The second-order valence-corrected chi connectivity index (χ2v) is 10.4. The number of hydrogen-bond donors (Lipinski definition) is 2. The molecule has 0 unspecified atom stereocenters. The third-order valence-corrected chi connectivity index (χ3v) is 7.08. The van der Waals surface area contributed by atoms with Gasteiger partial charge in [-0.25, -0.2) is 17.2 Å². The van der Waals surface area contributed by atoms with Crippen molar-refractivity contribution in [2.45, 2.75) is 48.8 Å². The van der Waals surface area contributed by atoms with E-state index < -0.39 is 73.4 Å². The number of rotatable bonds is 7. The predicted octanol–water partition coefficient (Wildman–Crippen LogP) is 4.45. The summed E-state index contributed by atoms with van der Waals surface area (Å²) in [6.07, 6.45) is -5.56. The Kier molecular flexibility index (Phi) is 7.34. The summed E-state index contributed by atoms with van der Waals surface area (Å²) in [5, 5.41) is 3.76. The minimum Gasteiger partial charge on any atom is -0.347 e. The Morgan fingerprint density at radius 3 is 2.16 bits per heavy atom. The van der Waals surface area contributed by atoms with Gasteiger partial charge >= 0.3 is 17.6 Å². The van der Waals surface area contributed by atoms with Crippen LogP contribution in [-0.2, 0) is 25.2 Å². The van der Waals surface area contributed by atoms with Crippen LogP contribution in [0.25, 0.3) is 11.1 Å². The van der Waals surface area contributed by atoms with Gasteiger partial charge in [-0.2, -0.15) is 26.3 Å². The predicted molar refractivity (Wildman–Crippen MR) is 113 cm³/mol. The minimum atomic E-state index is -5.90. The highest BCUT2D eigenvalue weighted by molar-refractivity contribution is 7.91. The zero-order valence-electron chi connectivity index (χ0n) is 18.7. The monoisotopic (exact) mass is 558 g/mol. The Morgan fingerprint density at radius 2 is 1.65 bits per heavy atom. The number of benzene rings is 2. The largest absolute Gasteiger partial charge is 0.497 e. The fourth-order valence-corrected chi connectivity index (χ4v) is 4.37. The Morgan fingerprint density at radius 1 is 1.03 bits per heavy atom. The average molecular weight is 558 g/mol. The van der Waals surface area contributed by atoms with Crippen LogP contribution in [0.3, 0.4) is 0 Å². The summed E-state index contributed by atoms with van der Waals surface area (Å²) >= 11 is 0. The number of alkyl halides is 6. The van der Waals surface area contributed by atoms with Gasteiger partial charge in [0, 0.05) is 11.1 Å². The van der Waals surface area contributed by atoms with Gasteiger partial charge in [-0.1, -0.05) is 24.3 Å². The molecular weight excluding hydrogens is 540 g/mol. The molecule has 2 N–H and O–H groups in total. The molecule has 1 aliphatic rings. The summed E-state index contributed by atoms with van der Waals surface area (Å²) in [6, 6.07) is 4.92. The SMILES string of the molecule is C[C@@H](NC(=O)C1(NC(=O)C(F)(F)F)CC1)c1ccc(-c2cccc(F)c2)c(CS(=O)(=O)C(F)(F)F)c1F. The molecule has 2 amide bonds. The lowest BCUT2D eigenvalue weighted by atomic mass is 9.95. The van der Waals surface area contributed by atoms with Crippen molar-refractivity contribution in [3.05, 3.63) is 59.2 Å². The van der Waals surface area contributed by atoms with Crippen LogP contribution in [0.1, 0.15) is 36.9 Å². The maximum absolute atomic E-state index is 15.5. The molecule has 0 aromatic heterocycles. The second-order valence-electron chi connectivity index (χ2n) is 8.44. The summed E-state index contributed by atoms with van der Waals surface area (Å²) < 4.78 is 130. The minimum absolute atomic E-state index is 0.124. The van der Waals surface area contributed by atoms with Crippen molar-refractivity contribution in [1.82, 2.24) is 10.6 Å². The van der Waals surface area contributed by atoms with Crippen molar-refractivity contribution in [3.8, 4) is 11.1 Å². The van der Waals surface area contributed by atoms with Crippen molar-refractivity contribution in [2.24, 2.45) is 0 Å². The number of sulfone groups is 1. The van der Waals surface area contributed by atoms with E-state index in [2.05, 4.69) is 5.32 Å². The van der Waals surface area contributed by atoms with Crippen LogP contribution in [0.2, 0.25) is 0 Å². The van der Waals surface area contributed by atoms with E-state index in [1.165, 1.54) is 12.1 Å². The highest BCUT2D eigenvalue weighted by Crippen LogP contribution is 2.39. The van der Waals surface area contributed by atoms with Crippen LogP contribution >= 0.6 is 0 Å². The molecular formula is C22H18F8N2O4S. The first kappa shape index (κ1) is 28.3. The van der Waals surface area contributed by atoms with Crippen LogP contribution in [-0.4, -0.2) is 37.5 Å². The lowest BCUT2D eigenvalue weighted by Gasteiger charge is -2.23. The molecule has 2 aromatic carbocycles. The smallest absolute Gasteiger partial charge is 0.347 e. The van der Waals surface area contributed by atoms with Gasteiger partial charge < -0.3 is 10.6 Å². The molecule has 0 spiro atoms. The first-order valence-corrected chi connectivity index (χ1v) is 12.1. The molecule has 6 nitrogen and oxygen atoms in total. The number of hydrogen-bond acceptors (Lipinski definition) is 4. The van der Waals surface area contributed by atoms with Crippen LogP contribution in [0, 0.1) is 11.6 Å². The molecule has 202 valence electrons. The van der Waals surface area contributed by atoms with Crippen LogP contribution in [0.15, 0.2) is 36.4 Å². The van der Waals surface area contributed by atoms with Gasteiger partial charge in [0.25, 0.3) is 9.84 Å². The zero-order chi connectivity index (χ0) is 28.0. The van der Waals surface area contributed by atoms with Crippen molar-refractivity contribution < 1.29 is 53.1 Å². The highest BCUT2D eigenvalue weighted by Gasteiger charge is 2.55. The van der Waals surface area contributed by atoms with E-state index >= 15 is 4.39 Å². The van der Waals surface area contributed by atoms with Crippen molar-refractivity contribution in [1.29, 1.82) is 0 Å². The Labute approximate surface area is 205 Å². The van der Waals surface area contributed by atoms with Gasteiger partial charge in [0.1, 0.15) is 17.2 Å². The number of halogens is 8. The van der Waals surface area contributed by atoms with Gasteiger partial charge in [-0.05, 0) is 43.0 Å². The summed E-state index contributed by atoms with van der Waals surface area (Å²) in [6.45, 7) is 1.15. The number of amides is 2. The molecule has 0 radical (unpaired) electrons. The van der Waals surface area contributed by atoms with Gasteiger partial charge in [-0.15, -0.1) is 0 Å². The molecule has 0 bridgehead atoms. The molecule has 0 aliphatic heterocycles. The van der Waals surface area contributed by atoms with E-state index in [0.717, 1.165) is 31.2 Å². The molecule has 1 aliphatic carbocycles. The molecule has 1 saturated carbocycles. The lowest BCUT2D eigenvalue weighted by molar-refractivity contribution is -0.175. The Balaban J connectivity index is 1.98. The molecule has 0 saturated heterocycles. The molecule has 2 aromatic rings. The first-order valence-electron chi connectivity index (χ1n) is 10.4. The van der Waals surface area contributed by atoms with E-state index in [-0.39, 0.29) is 24.0 Å². The van der Waals surface area contributed by atoms with E-state index in [4.69, 9.17) is 0 Å². The standard InChI is InChI=1S/C22H18F8N2O4S/c1-11(31-18(33)20(7-8-20)32-19(34)21(25,26)27)14-5-6-15(12-3-2-4-13(23)9-12)16(17(14)24)10-37(35,36)22(28,29)30/h2-6,9,11H,7-8,10H2,1H3,(H,31,33)(H,32,34)/t11-/m1/s1. The van der Waals surface area contributed by atoms with Gasteiger partial charge in [0.15, 0.2) is 0 Å². The molecule has 1 atom stereocenters. The third-order valence-electron chi connectivity index (χ3n) is 5.70. The topological polar surface area (TPSA) is 92.3 Å². The summed E-state index contributed by atoms with van der Waals surface area (Å²) in [7, 11) is -5.90. The maximum atomic E-state index is 15.5. The van der Waals surface area contributed by atoms with Crippen molar-refractivity contribution in [2.75, 3.05) is 0 Å². The fraction of sp³-hybridized carbons (Fsp3) is 0.364. The summed E-state index contributed by atoms with van der Waals surface area (Å²) in [5.74, 6) is -7.59. The van der Waals surface area contributed by atoms with Gasteiger partial charge in [0.05, 0.1) is 11.8 Å². The summed E-state index contributed by atoms with van der Waals surface area (Å²) in [5.41, 5.74) is -9.55. The first-order chi connectivity index (χ1) is 16.9. The number of carbonyl (C=O) groups is 2. The van der Waals surface area contributed by atoms with E-state index in [9.17, 15) is 48.7 Å². The van der Waals surface area contributed by atoms with Gasteiger partial charge in [0.2, 0.25) is 5.91 Å². The fourth-order valence-electron chi connectivity index (χ4n) is 3.55. The summed E-state index contributed by atoms with van der Waals surface area (Å²) in [4.78, 5) is 23.8. The number of carbonyl (C=O) groups excluding carboxylic acids is 2. The van der Waals surface area contributed by atoms with Crippen LogP contribution in [0.5, 0.6) is 0 Å². The average Bonchev–Trinajstić information content (AvgIpc) is 3.54. The van der Waals surface area contributed by atoms with E-state index in [1.807, 2.05) is 0 Å². The van der Waals surface area contributed by atoms with Crippen LogP contribution < -0.4 is 10.6 Å². The van der Waals surface area contributed by atoms with Crippen LogP contribution in [0.4, 0.5) is 35.1 Å². The zero-order valence-corrected chi connectivity index (χ0v) is 19.5. The second kappa shape index (κ2) is 9.58. The van der Waals surface area contributed by atoms with Crippen molar-refractivity contribution in [3.63, 3.8) is 0 Å². The Hall–Kier alpha value is -3.23.